The second-order valence-corrected chi connectivity index (χ2v) is 8.07. The van der Waals surface area contributed by atoms with E-state index in [1.165, 1.54) is 0 Å². The molecule has 0 aliphatic rings. The molecule has 0 saturated carbocycles. The molecule has 0 aliphatic carbocycles. The van der Waals surface area contributed by atoms with E-state index in [4.69, 9.17) is 31.5 Å². The summed E-state index contributed by atoms with van der Waals surface area (Å²) in [6, 6.07) is 22.4. The van der Waals surface area contributed by atoms with Crippen LogP contribution >= 0.6 is 11.6 Å². The molecule has 8 heteroatoms. The number of fused-ring (bicyclic) bond motifs is 1. The smallest absolute Gasteiger partial charge is 0.221 e. The van der Waals surface area contributed by atoms with Crippen molar-refractivity contribution < 1.29 is 14.2 Å². The number of methoxy groups -OCH3 is 2. The van der Waals surface area contributed by atoms with Crippen LogP contribution in [0, 0.1) is 0 Å². The van der Waals surface area contributed by atoms with E-state index in [0.29, 0.717) is 39.4 Å². The zero-order valence-corrected chi connectivity index (χ0v) is 19.8. The number of nitrogen functional groups attached to an aromatic ring is 1. The van der Waals surface area contributed by atoms with Crippen LogP contribution in [-0.4, -0.2) is 29.2 Å². The van der Waals surface area contributed by atoms with Crippen molar-refractivity contribution in [3.05, 3.63) is 84.0 Å². The van der Waals surface area contributed by atoms with Crippen molar-refractivity contribution >= 4 is 28.5 Å². The average Bonchev–Trinajstić information content (AvgIpc) is 2.88. The number of benzene rings is 3. The normalized spacial score (nSPS) is 10.8. The fourth-order valence-electron chi connectivity index (χ4n) is 3.85. The van der Waals surface area contributed by atoms with Crippen molar-refractivity contribution in [1.29, 1.82) is 0 Å². The molecular weight excluding hydrogens is 464 g/mol. The van der Waals surface area contributed by atoms with Gasteiger partial charge in [0.25, 0.3) is 0 Å². The van der Waals surface area contributed by atoms with Crippen LogP contribution in [0.15, 0.2) is 79.0 Å². The number of hydrogen-bond acceptors (Lipinski definition) is 7. The van der Waals surface area contributed by atoms with Crippen molar-refractivity contribution in [2.24, 2.45) is 0 Å². The number of nitrogens with two attached hydrogens (primary N) is 1. The SMILES string of the molecule is COc1cccc(-c2cc(-c3ccc(Oc4ccnc5cc(Cl)ccc45)cc3)nc(N)n2)c1OC. The molecule has 0 spiro atoms. The Morgan fingerprint density at radius 3 is 2.37 bits per heavy atom. The van der Waals surface area contributed by atoms with E-state index in [-0.39, 0.29) is 5.95 Å². The van der Waals surface area contributed by atoms with E-state index in [0.717, 1.165) is 22.0 Å². The van der Waals surface area contributed by atoms with Crippen LogP contribution in [0.2, 0.25) is 5.02 Å². The maximum Gasteiger partial charge on any atom is 0.221 e. The van der Waals surface area contributed by atoms with Crippen molar-refractivity contribution in [1.82, 2.24) is 15.0 Å². The van der Waals surface area contributed by atoms with Gasteiger partial charge in [-0.2, -0.15) is 0 Å². The lowest BCUT2D eigenvalue weighted by Crippen LogP contribution is -2.00. The fourth-order valence-corrected chi connectivity index (χ4v) is 4.01. The second kappa shape index (κ2) is 9.48. The number of rotatable bonds is 6. The molecule has 35 heavy (non-hydrogen) atoms. The van der Waals surface area contributed by atoms with E-state index in [2.05, 4.69) is 15.0 Å². The van der Waals surface area contributed by atoms with Gasteiger partial charge in [0, 0.05) is 27.7 Å². The minimum Gasteiger partial charge on any atom is -0.493 e. The number of pyridine rings is 1. The standard InChI is InChI=1S/C27H21ClN4O3/c1-33-25-5-3-4-20(26(25)34-2)23-15-21(31-27(29)32-23)16-6-9-18(10-7-16)35-24-12-13-30-22-14-17(28)8-11-19(22)24/h3-15H,1-2H3,(H2,29,31,32). The van der Waals surface area contributed by atoms with E-state index >= 15 is 0 Å². The Kier molecular flexibility index (Phi) is 6.08. The molecule has 174 valence electrons. The highest BCUT2D eigenvalue weighted by atomic mass is 35.5. The fraction of sp³-hybridized carbons (Fsp3) is 0.0741. The van der Waals surface area contributed by atoms with Gasteiger partial charge in [-0.25, -0.2) is 9.97 Å². The predicted molar refractivity (Wildman–Crippen MR) is 137 cm³/mol. The summed E-state index contributed by atoms with van der Waals surface area (Å²) in [5.74, 6) is 2.71. The molecule has 7 nitrogen and oxygen atoms in total. The van der Waals surface area contributed by atoms with Crippen LogP contribution in [0.4, 0.5) is 5.95 Å². The summed E-state index contributed by atoms with van der Waals surface area (Å²) in [6.45, 7) is 0. The predicted octanol–water partition coefficient (Wildman–Crippen LogP) is 6.40. The van der Waals surface area contributed by atoms with Gasteiger partial charge >= 0.3 is 0 Å². The molecule has 0 saturated heterocycles. The molecule has 0 atom stereocenters. The molecule has 0 fully saturated rings. The summed E-state index contributed by atoms with van der Waals surface area (Å²) in [7, 11) is 3.18. The van der Waals surface area contributed by atoms with Crippen LogP contribution in [0.5, 0.6) is 23.0 Å². The van der Waals surface area contributed by atoms with Gasteiger partial charge in [-0.1, -0.05) is 17.7 Å². The number of hydrogen-bond donors (Lipinski definition) is 1. The Morgan fingerprint density at radius 1 is 0.800 bits per heavy atom. The lowest BCUT2D eigenvalue weighted by atomic mass is 10.1. The van der Waals surface area contributed by atoms with Crippen LogP contribution in [0.3, 0.4) is 0 Å². The van der Waals surface area contributed by atoms with Gasteiger partial charge < -0.3 is 19.9 Å². The molecule has 3 aromatic carbocycles. The summed E-state index contributed by atoms with van der Waals surface area (Å²) in [6.07, 6.45) is 1.69. The number of ether oxygens (including phenoxy) is 3. The maximum atomic E-state index is 6.12. The van der Waals surface area contributed by atoms with Gasteiger partial charge in [0.15, 0.2) is 11.5 Å². The van der Waals surface area contributed by atoms with Crippen molar-refractivity contribution in [2.45, 2.75) is 0 Å². The van der Waals surface area contributed by atoms with Crippen molar-refractivity contribution in [3.8, 4) is 45.5 Å². The third-order valence-corrected chi connectivity index (χ3v) is 5.70. The average molecular weight is 485 g/mol. The van der Waals surface area contributed by atoms with Gasteiger partial charge in [-0.3, -0.25) is 4.98 Å². The van der Waals surface area contributed by atoms with Crippen LogP contribution in [0.1, 0.15) is 0 Å². The van der Waals surface area contributed by atoms with Crippen molar-refractivity contribution in [2.75, 3.05) is 20.0 Å². The summed E-state index contributed by atoms with van der Waals surface area (Å²) in [4.78, 5) is 13.2. The summed E-state index contributed by atoms with van der Waals surface area (Å²) < 4.78 is 17.1. The lowest BCUT2D eigenvalue weighted by Gasteiger charge is -2.13. The first kappa shape index (κ1) is 22.4. The van der Waals surface area contributed by atoms with E-state index in [9.17, 15) is 0 Å². The van der Waals surface area contributed by atoms with Crippen LogP contribution in [0.25, 0.3) is 33.4 Å². The topological polar surface area (TPSA) is 92.4 Å². The number of para-hydroxylation sites is 1. The van der Waals surface area contributed by atoms with Gasteiger partial charge in [-0.15, -0.1) is 0 Å². The first-order chi connectivity index (χ1) is 17.1. The van der Waals surface area contributed by atoms with E-state index in [1.54, 1.807) is 26.5 Å². The number of anilines is 1. The van der Waals surface area contributed by atoms with Gasteiger partial charge in [-0.05, 0) is 66.7 Å². The molecule has 5 aromatic rings. The molecule has 2 N–H and O–H groups in total. The Balaban J connectivity index is 1.46. The largest absolute Gasteiger partial charge is 0.493 e. The Morgan fingerprint density at radius 2 is 1.60 bits per heavy atom. The summed E-state index contributed by atoms with van der Waals surface area (Å²) in [5.41, 5.74) is 9.75. The summed E-state index contributed by atoms with van der Waals surface area (Å²) >= 11 is 6.09. The minimum absolute atomic E-state index is 0.157. The number of nitrogens with zero attached hydrogens (tertiary/aromatic N) is 3. The zero-order valence-electron chi connectivity index (χ0n) is 19.0. The monoisotopic (exact) mass is 484 g/mol. The van der Waals surface area contributed by atoms with E-state index < -0.39 is 0 Å². The molecule has 5 rings (SSSR count). The number of halogens is 1. The zero-order chi connectivity index (χ0) is 24.4. The molecule has 0 bridgehead atoms. The molecule has 2 heterocycles. The Labute approximate surface area is 207 Å². The highest BCUT2D eigenvalue weighted by Crippen LogP contribution is 2.38. The Hall–Kier alpha value is -4.36. The van der Waals surface area contributed by atoms with Crippen molar-refractivity contribution in [3.63, 3.8) is 0 Å². The molecule has 0 radical (unpaired) electrons. The van der Waals surface area contributed by atoms with E-state index in [1.807, 2.05) is 66.7 Å². The minimum atomic E-state index is 0.157. The maximum absolute atomic E-state index is 6.12. The van der Waals surface area contributed by atoms with Gasteiger partial charge in [0.2, 0.25) is 5.95 Å². The van der Waals surface area contributed by atoms with Gasteiger partial charge in [0.05, 0.1) is 31.1 Å². The first-order valence-corrected chi connectivity index (χ1v) is 11.1. The lowest BCUT2D eigenvalue weighted by molar-refractivity contribution is 0.356. The quantitative estimate of drug-likeness (QED) is 0.298. The Bertz CT molecular complexity index is 1520. The summed E-state index contributed by atoms with van der Waals surface area (Å²) in [5, 5.41) is 1.50. The highest BCUT2D eigenvalue weighted by Gasteiger charge is 2.15. The molecule has 2 aromatic heterocycles. The number of aromatic nitrogens is 3. The second-order valence-electron chi connectivity index (χ2n) is 7.63. The molecule has 0 aliphatic heterocycles. The highest BCUT2D eigenvalue weighted by molar-refractivity contribution is 6.31. The third kappa shape index (κ3) is 4.54. The first-order valence-electron chi connectivity index (χ1n) is 10.7. The van der Waals surface area contributed by atoms with Crippen LogP contribution < -0.4 is 19.9 Å². The molecular formula is C27H21ClN4O3. The molecule has 0 amide bonds. The third-order valence-electron chi connectivity index (χ3n) is 5.46. The van der Waals surface area contributed by atoms with Crippen LogP contribution in [-0.2, 0) is 0 Å². The molecule has 0 unspecified atom stereocenters. The van der Waals surface area contributed by atoms with Gasteiger partial charge in [0.1, 0.15) is 11.5 Å².